The van der Waals surface area contributed by atoms with E-state index in [0.29, 0.717) is 19.0 Å². The summed E-state index contributed by atoms with van der Waals surface area (Å²) < 4.78 is 1.41. The molecular formula is C6Br2Cl2. The highest BCUT2D eigenvalue weighted by atomic mass is 79.9. The van der Waals surface area contributed by atoms with E-state index in [4.69, 9.17) is 23.2 Å². The van der Waals surface area contributed by atoms with E-state index in [9.17, 15) is 0 Å². The van der Waals surface area contributed by atoms with Crippen molar-refractivity contribution in [2.75, 3.05) is 0 Å². The first-order chi connectivity index (χ1) is 4.63. The van der Waals surface area contributed by atoms with Crippen molar-refractivity contribution < 1.29 is 0 Å². The predicted molar refractivity (Wildman–Crippen MR) is 50.6 cm³/mol. The molecule has 0 amide bonds. The van der Waals surface area contributed by atoms with Gasteiger partial charge in [0.15, 0.2) is 0 Å². The molecule has 0 aliphatic heterocycles. The van der Waals surface area contributed by atoms with Gasteiger partial charge in [0.05, 0.1) is 8.96 Å². The SMILES string of the molecule is ClC1=C=C=C(Cl)C(Br)=C1Br. The van der Waals surface area contributed by atoms with Crippen molar-refractivity contribution >= 4 is 55.1 Å². The molecule has 0 saturated heterocycles. The van der Waals surface area contributed by atoms with Crippen LogP contribution in [-0.2, 0) is 0 Å². The lowest BCUT2D eigenvalue weighted by molar-refractivity contribution is 1.73. The summed E-state index contributed by atoms with van der Waals surface area (Å²) in [4.78, 5) is 0. The van der Waals surface area contributed by atoms with Crippen LogP contribution in [0.5, 0.6) is 0 Å². The molecule has 0 aromatic carbocycles. The van der Waals surface area contributed by atoms with Crippen molar-refractivity contribution in [2.45, 2.75) is 0 Å². The van der Waals surface area contributed by atoms with Gasteiger partial charge in [0.1, 0.15) is 10.1 Å². The second-order valence-electron chi connectivity index (χ2n) is 1.51. The van der Waals surface area contributed by atoms with Gasteiger partial charge in [0.25, 0.3) is 0 Å². The van der Waals surface area contributed by atoms with Crippen LogP contribution in [-0.4, -0.2) is 0 Å². The Balaban J connectivity index is 3.34. The van der Waals surface area contributed by atoms with Gasteiger partial charge in [0, 0.05) is 0 Å². The molecule has 0 heterocycles. The summed E-state index contributed by atoms with van der Waals surface area (Å²) in [6, 6.07) is 0. The third-order valence-corrected chi connectivity index (χ3v) is 4.00. The Labute approximate surface area is 85.1 Å². The lowest BCUT2D eigenvalue weighted by Gasteiger charge is -2.00. The molecule has 10 heavy (non-hydrogen) atoms. The summed E-state index contributed by atoms with van der Waals surface area (Å²) in [6.45, 7) is 0. The van der Waals surface area contributed by atoms with Gasteiger partial charge in [0.2, 0.25) is 0 Å². The van der Waals surface area contributed by atoms with E-state index in [1.165, 1.54) is 0 Å². The highest BCUT2D eigenvalue weighted by Crippen LogP contribution is 2.34. The quantitative estimate of drug-likeness (QED) is 0.593. The largest absolute Gasteiger partial charge is 0.106 e. The van der Waals surface area contributed by atoms with Gasteiger partial charge in [-0.15, -0.1) is 0 Å². The molecule has 4 heteroatoms. The van der Waals surface area contributed by atoms with E-state index < -0.39 is 0 Å². The van der Waals surface area contributed by atoms with Gasteiger partial charge in [-0.05, 0) is 43.3 Å². The minimum Gasteiger partial charge on any atom is -0.0731 e. The van der Waals surface area contributed by atoms with Crippen LogP contribution in [0.15, 0.2) is 30.5 Å². The highest BCUT2D eigenvalue weighted by molar-refractivity contribution is 9.14. The van der Waals surface area contributed by atoms with Crippen molar-refractivity contribution in [3.8, 4) is 0 Å². The summed E-state index contributed by atoms with van der Waals surface area (Å²) in [5, 5.41) is 0.938. The van der Waals surface area contributed by atoms with E-state index >= 15 is 0 Å². The molecule has 0 bridgehead atoms. The highest BCUT2D eigenvalue weighted by Gasteiger charge is 2.10. The maximum atomic E-state index is 5.66. The topological polar surface area (TPSA) is 0 Å². The third-order valence-electron chi connectivity index (χ3n) is 0.860. The fraction of sp³-hybridized carbons (Fsp3) is 0. The third kappa shape index (κ3) is 1.60. The number of rotatable bonds is 0. The monoisotopic (exact) mass is 300 g/mol. The van der Waals surface area contributed by atoms with Crippen LogP contribution in [0.2, 0.25) is 0 Å². The number of hydrogen-bond donors (Lipinski definition) is 0. The van der Waals surface area contributed by atoms with Crippen molar-refractivity contribution in [1.82, 2.24) is 0 Å². The van der Waals surface area contributed by atoms with Crippen LogP contribution in [0.4, 0.5) is 0 Å². The number of halogens is 4. The van der Waals surface area contributed by atoms with Crippen LogP contribution in [0.1, 0.15) is 0 Å². The summed E-state index contributed by atoms with van der Waals surface area (Å²) in [5.41, 5.74) is 5.28. The number of allylic oxidation sites excluding steroid dienone is 4. The Hall–Kier alpha value is 0.580. The summed E-state index contributed by atoms with van der Waals surface area (Å²) in [6.07, 6.45) is 0. The average molecular weight is 303 g/mol. The summed E-state index contributed by atoms with van der Waals surface area (Å²) in [5.74, 6) is 0. The molecule has 0 aromatic heterocycles. The van der Waals surface area contributed by atoms with E-state index in [1.54, 1.807) is 0 Å². The van der Waals surface area contributed by atoms with Gasteiger partial charge < -0.3 is 0 Å². The Kier molecular flexibility index (Phi) is 2.88. The van der Waals surface area contributed by atoms with Crippen LogP contribution >= 0.6 is 55.1 Å². The maximum absolute atomic E-state index is 5.66. The Morgan fingerprint density at radius 1 is 0.900 bits per heavy atom. The van der Waals surface area contributed by atoms with Crippen LogP contribution < -0.4 is 0 Å². The molecule has 1 aliphatic carbocycles. The maximum Gasteiger partial charge on any atom is 0.106 e. The van der Waals surface area contributed by atoms with E-state index in [1.807, 2.05) is 0 Å². The molecule has 0 saturated carbocycles. The summed E-state index contributed by atoms with van der Waals surface area (Å²) in [7, 11) is 0. The molecule has 0 aromatic rings. The van der Waals surface area contributed by atoms with E-state index in [0.717, 1.165) is 0 Å². The zero-order valence-corrected chi connectivity index (χ0v) is 9.20. The molecule has 0 atom stereocenters. The van der Waals surface area contributed by atoms with E-state index in [2.05, 4.69) is 43.3 Å². The second-order valence-corrected chi connectivity index (χ2v) is 3.85. The molecule has 1 rings (SSSR count). The Bertz CT molecular complexity index is 272. The first-order valence-electron chi connectivity index (χ1n) is 2.26. The van der Waals surface area contributed by atoms with Gasteiger partial charge in [-0.3, -0.25) is 0 Å². The fourth-order valence-corrected chi connectivity index (χ4v) is 1.52. The molecule has 0 radical (unpaired) electrons. The van der Waals surface area contributed by atoms with Gasteiger partial charge >= 0.3 is 0 Å². The van der Waals surface area contributed by atoms with Crippen molar-refractivity contribution in [2.24, 2.45) is 0 Å². The second kappa shape index (κ2) is 3.32. The van der Waals surface area contributed by atoms with E-state index in [-0.39, 0.29) is 0 Å². The molecule has 0 spiro atoms. The smallest absolute Gasteiger partial charge is 0.0731 e. The average Bonchev–Trinajstić information content (AvgIpc) is 1.93. The Morgan fingerprint density at radius 2 is 1.20 bits per heavy atom. The molecular weight excluding hydrogens is 303 g/mol. The van der Waals surface area contributed by atoms with Crippen molar-refractivity contribution in [3.05, 3.63) is 30.5 Å². The van der Waals surface area contributed by atoms with Crippen molar-refractivity contribution in [1.29, 1.82) is 0 Å². The van der Waals surface area contributed by atoms with Crippen molar-refractivity contribution in [3.63, 3.8) is 0 Å². The first kappa shape index (κ1) is 8.67. The zero-order chi connectivity index (χ0) is 7.72. The normalized spacial score (nSPS) is 17.2. The molecule has 1 aliphatic rings. The fourth-order valence-electron chi connectivity index (χ4n) is 0.412. The van der Waals surface area contributed by atoms with Crippen LogP contribution in [0, 0.1) is 0 Å². The lowest BCUT2D eigenvalue weighted by atomic mass is 10.4. The molecule has 0 fully saturated rings. The predicted octanol–water partition coefficient (Wildman–Crippen LogP) is 4.00. The molecule has 52 valence electrons. The Morgan fingerprint density at radius 3 is 1.50 bits per heavy atom. The number of hydrogen-bond acceptors (Lipinski definition) is 0. The van der Waals surface area contributed by atoms with Crippen LogP contribution in [0.25, 0.3) is 0 Å². The lowest BCUT2D eigenvalue weighted by Crippen LogP contribution is -1.80. The first-order valence-corrected chi connectivity index (χ1v) is 4.60. The minimum absolute atomic E-state index is 0.469. The molecule has 0 nitrogen and oxygen atoms in total. The summed E-state index contributed by atoms with van der Waals surface area (Å²) >= 11 is 17.8. The van der Waals surface area contributed by atoms with Crippen LogP contribution in [0.3, 0.4) is 0 Å². The molecule has 0 unspecified atom stereocenters. The van der Waals surface area contributed by atoms with Gasteiger partial charge in [-0.25, -0.2) is 0 Å². The molecule has 0 N–H and O–H groups in total. The zero-order valence-electron chi connectivity index (χ0n) is 4.51. The van der Waals surface area contributed by atoms with Gasteiger partial charge in [-0.1, -0.05) is 23.2 Å². The van der Waals surface area contributed by atoms with Gasteiger partial charge in [-0.2, -0.15) is 0 Å². The standard InChI is InChI=1S/C6Br2Cl2/c7-5-3(9)1-2-4(10)6(5)8. The minimum atomic E-state index is 0.469.